The van der Waals surface area contributed by atoms with E-state index in [4.69, 9.17) is 9.84 Å². The van der Waals surface area contributed by atoms with E-state index in [0.29, 0.717) is 6.42 Å². The maximum absolute atomic E-state index is 14.0. The zero-order valence-corrected chi connectivity index (χ0v) is 15.9. The van der Waals surface area contributed by atoms with Crippen molar-refractivity contribution in [3.63, 3.8) is 0 Å². The van der Waals surface area contributed by atoms with Crippen molar-refractivity contribution in [3.05, 3.63) is 58.7 Å². The third kappa shape index (κ3) is 5.04. The van der Waals surface area contributed by atoms with Gasteiger partial charge in [-0.25, -0.2) is 22.4 Å². The van der Waals surface area contributed by atoms with Crippen LogP contribution in [0.2, 0.25) is 0 Å². The molecule has 5 nitrogen and oxygen atoms in total. The van der Waals surface area contributed by atoms with Crippen LogP contribution in [0.5, 0.6) is 0 Å². The van der Waals surface area contributed by atoms with Crippen LogP contribution in [-0.2, 0) is 27.2 Å². The quantitative estimate of drug-likeness (QED) is 0.397. The molecular formula is C20H19F4NO4. The fraction of sp³-hybridized carbons (Fsp3) is 0.300. The normalized spacial score (nSPS) is 11.3. The maximum Gasteiger partial charge on any atom is 0.347 e. The van der Waals surface area contributed by atoms with E-state index in [-0.39, 0.29) is 17.3 Å². The van der Waals surface area contributed by atoms with Crippen LogP contribution in [0.25, 0.3) is 0 Å². The van der Waals surface area contributed by atoms with Crippen LogP contribution in [0.4, 0.5) is 28.9 Å². The molecule has 0 unspecified atom stereocenters. The van der Waals surface area contributed by atoms with Gasteiger partial charge in [0.1, 0.15) is 5.69 Å². The number of anilines is 2. The van der Waals surface area contributed by atoms with E-state index in [1.165, 1.54) is 19.9 Å². The first-order chi connectivity index (χ1) is 13.5. The first-order valence-electron chi connectivity index (χ1n) is 8.63. The number of ether oxygens (including phenoxy) is 1. The number of rotatable bonds is 7. The summed E-state index contributed by atoms with van der Waals surface area (Å²) < 4.78 is 59.8. The van der Waals surface area contributed by atoms with Crippen molar-refractivity contribution in [1.82, 2.24) is 0 Å². The summed E-state index contributed by atoms with van der Waals surface area (Å²) in [6.45, 7) is 4.21. The SMILES string of the molecule is CCc1ccc(Nc2c(F)c(F)cc(F)c2F)c(CC(=O)OC(C)(C)C(=O)O)c1. The summed E-state index contributed by atoms with van der Waals surface area (Å²) in [5, 5.41) is 11.3. The van der Waals surface area contributed by atoms with E-state index >= 15 is 0 Å². The number of aryl methyl sites for hydroxylation is 1. The van der Waals surface area contributed by atoms with Gasteiger partial charge in [-0.3, -0.25) is 4.79 Å². The Morgan fingerprint density at radius 1 is 1.07 bits per heavy atom. The molecule has 0 aliphatic heterocycles. The van der Waals surface area contributed by atoms with E-state index in [9.17, 15) is 27.2 Å². The minimum Gasteiger partial charge on any atom is -0.478 e. The first kappa shape index (κ1) is 22.2. The van der Waals surface area contributed by atoms with Crippen molar-refractivity contribution in [3.8, 4) is 0 Å². The Morgan fingerprint density at radius 2 is 1.66 bits per heavy atom. The minimum atomic E-state index is -1.78. The van der Waals surface area contributed by atoms with Gasteiger partial charge in [0.2, 0.25) is 5.60 Å². The summed E-state index contributed by atoms with van der Waals surface area (Å²) in [6, 6.07) is 4.63. The summed E-state index contributed by atoms with van der Waals surface area (Å²) in [6.07, 6.45) is 0.133. The lowest BCUT2D eigenvalue weighted by atomic mass is 10.0. The standard InChI is InChI=1S/C20H19F4NO4/c1-4-10-5-6-14(25-18-16(23)12(21)9-13(22)17(18)24)11(7-10)8-15(26)29-20(2,3)19(27)28/h5-7,9,25H,4,8H2,1-3H3,(H,27,28). The van der Waals surface area contributed by atoms with Gasteiger partial charge in [-0.1, -0.05) is 19.1 Å². The van der Waals surface area contributed by atoms with Gasteiger partial charge in [0, 0.05) is 11.8 Å². The second-order valence-corrected chi connectivity index (χ2v) is 6.78. The van der Waals surface area contributed by atoms with Crippen LogP contribution in [-0.4, -0.2) is 22.6 Å². The number of halogens is 4. The lowest BCUT2D eigenvalue weighted by Gasteiger charge is -2.21. The Kier molecular flexibility index (Phi) is 6.51. The third-order valence-electron chi connectivity index (χ3n) is 4.17. The van der Waals surface area contributed by atoms with Crippen LogP contribution in [0.15, 0.2) is 24.3 Å². The number of esters is 1. The molecule has 0 aliphatic carbocycles. The number of carbonyl (C=O) groups is 2. The lowest BCUT2D eigenvalue weighted by molar-refractivity contribution is -0.173. The molecule has 2 aromatic rings. The molecule has 0 radical (unpaired) electrons. The zero-order chi connectivity index (χ0) is 21.9. The molecule has 0 atom stereocenters. The average Bonchev–Trinajstić information content (AvgIpc) is 2.63. The molecule has 29 heavy (non-hydrogen) atoms. The van der Waals surface area contributed by atoms with Gasteiger partial charge in [0.15, 0.2) is 23.3 Å². The van der Waals surface area contributed by atoms with Gasteiger partial charge in [0.05, 0.1) is 6.42 Å². The average molecular weight is 413 g/mol. The highest BCUT2D eigenvalue weighted by Gasteiger charge is 2.32. The minimum absolute atomic E-state index is 0.00933. The highest BCUT2D eigenvalue weighted by atomic mass is 19.2. The molecule has 0 heterocycles. The Bertz CT molecular complexity index is 934. The summed E-state index contributed by atoms with van der Waals surface area (Å²) >= 11 is 0. The number of hydrogen-bond donors (Lipinski definition) is 2. The van der Waals surface area contributed by atoms with Gasteiger partial charge in [-0.2, -0.15) is 0 Å². The number of aliphatic carboxylic acids is 1. The molecular weight excluding hydrogens is 394 g/mol. The predicted octanol–water partition coefficient (Wildman–Crippen LogP) is 4.50. The van der Waals surface area contributed by atoms with Gasteiger partial charge in [0.25, 0.3) is 0 Å². The second kappa shape index (κ2) is 8.50. The second-order valence-electron chi connectivity index (χ2n) is 6.78. The van der Waals surface area contributed by atoms with E-state index in [0.717, 1.165) is 5.56 Å². The topological polar surface area (TPSA) is 75.6 Å². The summed E-state index contributed by atoms with van der Waals surface area (Å²) in [4.78, 5) is 23.3. The van der Waals surface area contributed by atoms with E-state index < -0.39 is 52.9 Å². The number of carboxylic acid groups (broad SMARTS) is 1. The first-order valence-corrected chi connectivity index (χ1v) is 8.63. The Balaban J connectivity index is 2.40. The van der Waals surface area contributed by atoms with Crippen molar-refractivity contribution < 1.29 is 37.0 Å². The number of benzene rings is 2. The summed E-state index contributed by atoms with van der Waals surface area (Å²) in [5.74, 6) is -8.67. The van der Waals surface area contributed by atoms with Crippen molar-refractivity contribution in [2.75, 3.05) is 5.32 Å². The Morgan fingerprint density at radius 3 is 2.17 bits per heavy atom. The molecule has 9 heteroatoms. The summed E-state index contributed by atoms with van der Waals surface area (Å²) in [7, 11) is 0. The molecule has 0 spiro atoms. The van der Waals surface area contributed by atoms with Crippen LogP contribution in [0, 0.1) is 23.3 Å². The molecule has 0 aliphatic rings. The Hall–Kier alpha value is -3.10. The van der Waals surface area contributed by atoms with Crippen LogP contribution in [0.1, 0.15) is 31.9 Å². The Labute approximate surface area is 164 Å². The van der Waals surface area contributed by atoms with Crippen LogP contribution >= 0.6 is 0 Å². The van der Waals surface area contributed by atoms with E-state index in [1.807, 2.05) is 6.92 Å². The van der Waals surface area contributed by atoms with Crippen molar-refractivity contribution in [1.29, 1.82) is 0 Å². The molecule has 0 fully saturated rings. The van der Waals surface area contributed by atoms with Crippen LogP contribution < -0.4 is 5.32 Å². The van der Waals surface area contributed by atoms with E-state index in [2.05, 4.69) is 5.32 Å². The van der Waals surface area contributed by atoms with Crippen molar-refractivity contribution >= 4 is 23.3 Å². The number of hydrogen-bond acceptors (Lipinski definition) is 4. The van der Waals surface area contributed by atoms with Gasteiger partial charge < -0.3 is 15.2 Å². The number of carbonyl (C=O) groups excluding carboxylic acids is 1. The monoisotopic (exact) mass is 413 g/mol. The molecule has 0 saturated heterocycles. The number of nitrogens with one attached hydrogen (secondary N) is 1. The van der Waals surface area contributed by atoms with Gasteiger partial charge in [-0.15, -0.1) is 0 Å². The highest BCUT2D eigenvalue weighted by Crippen LogP contribution is 2.30. The molecule has 0 saturated carbocycles. The summed E-state index contributed by atoms with van der Waals surface area (Å²) in [5.41, 5.74) is -1.85. The largest absolute Gasteiger partial charge is 0.478 e. The number of carboxylic acids is 1. The molecule has 0 bridgehead atoms. The smallest absolute Gasteiger partial charge is 0.347 e. The highest BCUT2D eigenvalue weighted by molar-refractivity contribution is 5.83. The molecule has 0 amide bonds. The van der Waals surface area contributed by atoms with Crippen molar-refractivity contribution in [2.45, 2.75) is 39.2 Å². The zero-order valence-electron chi connectivity index (χ0n) is 15.9. The maximum atomic E-state index is 14.0. The van der Waals surface area contributed by atoms with Gasteiger partial charge >= 0.3 is 11.9 Å². The fourth-order valence-electron chi connectivity index (χ4n) is 2.47. The van der Waals surface area contributed by atoms with Crippen molar-refractivity contribution in [2.24, 2.45) is 0 Å². The van der Waals surface area contributed by atoms with Gasteiger partial charge in [-0.05, 0) is 37.5 Å². The molecule has 2 N–H and O–H groups in total. The molecule has 2 rings (SSSR count). The van der Waals surface area contributed by atoms with E-state index in [1.54, 1.807) is 12.1 Å². The predicted molar refractivity (Wildman–Crippen MR) is 96.9 cm³/mol. The third-order valence-corrected chi connectivity index (χ3v) is 4.17. The molecule has 2 aromatic carbocycles. The molecule has 156 valence electrons. The molecule has 0 aromatic heterocycles. The van der Waals surface area contributed by atoms with Crippen LogP contribution in [0.3, 0.4) is 0 Å². The lowest BCUT2D eigenvalue weighted by Crippen LogP contribution is -2.37. The fourth-order valence-corrected chi connectivity index (χ4v) is 2.47.